The summed E-state index contributed by atoms with van der Waals surface area (Å²) in [6, 6.07) is 3.46. The third-order valence-electron chi connectivity index (χ3n) is 6.88. The molecule has 2 aromatic rings. The summed E-state index contributed by atoms with van der Waals surface area (Å²) in [6.07, 6.45) is 7.09. The molecule has 4 aliphatic rings. The van der Waals surface area contributed by atoms with Gasteiger partial charge in [-0.1, -0.05) is 23.2 Å². The molecule has 4 bridgehead atoms. The molecule has 1 heterocycles. The predicted molar refractivity (Wildman–Crippen MR) is 118 cm³/mol. The fourth-order valence-corrected chi connectivity index (χ4v) is 7.94. The Bertz CT molecular complexity index is 999. The smallest absolute Gasteiger partial charge is 0.350 e. The van der Waals surface area contributed by atoms with Crippen molar-refractivity contribution in [2.75, 3.05) is 13.7 Å². The number of hydrogen-bond acceptors (Lipinski definition) is 5. The summed E-state index contributed by atoms with van der Waals surface area (Å²) in [6.45, 7) is -0.303. The largest absolute Gasteiger partial charge is 0.495 e. The van der Waals surface area contributed by atoms with Gasteiger partial charge in [0.15, 0.2) is 6.61 Å². The monoisotopic (exact) mass is 467 g/mol. The molecule has 6 rings (SSSR count). The quantitative estimate of drug-likeness (QED) is 0.592. The van der Waals surface area contributed by atoms with Gasteiger partial charge in [0, 0.05) is 10.9 Å². The molecule has 0 unspecified atom stereocenters. The van der Waals surface area contributed by atoms with Crippen molar-refractivity contribution in [2.24, 2.45) is 17.8 Å². The first-order chi connectivity index (χ1) is 14.4. The number of carbonyl (C=O) groups excluding carboxylic acids is 2. The fourth-order valence-electron chi connectivity index (χ4n) is 6.16. The first-order valence-corrected chi connectivity index (χ1v) is 11.9. The summed E-state index contributed by atoms with van der Waals surface area (Å²) in [5.74, 6) is 1.87. The average molecular weight is 468 g/mol. The second-order valence-electron chi connectivity index (χ2n) is 9.03. The van der Waals surface area contributed by atoms with Crippen LogP contribution in [0.1, 0.15) is 48.2 Å². The number of methoxy groups -OCH3 is 1. The minimum absolute atomic E-state index is 0.0996. The van der Waals surface area contributed by atoms with E-state index < -0.39 is 5.97 Å². The number of carbonyl (C=O) groups is 2. The molecule has 0 aliphatic heterocycles. The molecule has 1 aromatic carbocycles. The van der Waals surface area contributed by atoms with Gasteiger partial charge in [0.2, 0.25) is 0 Å². The van der Waals surface area contributed by atoms with E-state index in [1.807, 2.05) is 0 Å². The zero-order valence-corrected chi connectivity index (χ0v) is 19.0. The number of ether oxygens (including phenoxy) is 2. The molecule has 8 heteroatoms. The van der Waals surface area contributed by atoms with E-state index in [2.05, 4.69) is 5.32 Å². The predicted octanol–water partition coefficient (Wildman–Crippen LogP) is 5.46. The zero-order valence-electron chi connectivity index (χ0n) is 16.6. The van der Waals surface area contributed by atoms with Crippen molar-refractivity contribution in [3.8, 4) is 5.75 Å². The lowest BCUT2D eigenvalue weighted by Gasteiger charge is -2.56. The van der Waals surface area contributed by atoms with Gasteiger partial charge < -0.3 is 14.8 Å². The maximum absolute atomic E-state index is 12.6. The van der Waals surface area contributed by atoms with Crippen LogP contribution >= 0.6 is 34.5 Å². The third-order valence-corrected chi connectivity index (χ3v) is 9.08. The first-order valence-electron chi connectivity index (χ1n) is 10.3. The van der Waals surface area contributed by atoms with E-state index in [9.17, 15) is 9.59 Å². The van der Waals surface area contributed by atoms with Gasteiger partial charge in [0.1, 0.15) is 15.6 Å². The number of halogens is 2. The van der Waals surface area contributed by atoms with E-state index in [1.54, 1.807) is 12.1 Å². The van der Waals surface area contributed by atoms with Crippen molar-refractivity contribution < 1.29 is 19.1 Å². The Morgan fingerprint density at radius 2 is 1.73 bits per heavy atom. The van der Waals surface area contributed by atoms with Crippen molar-refractivity contribution in [2.45, 2.75) is 44.1 Å². The van der Waals surface area contributed by atoms with Crippen LogP contribution in [-0.2, 0) is 9.53 Å². The van der Waals surface area contributed by atoms with Crippen LogP contribution in [0.2, 0.25) is 10.0 Å². The van der Waals surface area contributed by atoms with Crippen LogP contribution in [-0.4, -0.2) is 31.1 Å². The molecular formula is C22H23Cl2NO4S. The van der Waals surface area contributed by atoms with Crippen LogP contribution in [0.25, 0.3) is 10.1 Å². The molecule has 0 spiro atoms. The van der Waals surface area contributed by atoms with E-state index in [4.69, 9.17) is 32.7 Å². The Morgan fingerprint density at radius 1 is 1.10 bits per heavy atom. The third kappa shape index (κ3) is 3.47. The van der Waals surface area contributed by atoms with Crippen molar-refractivity contribution in [3.63, 3.8) is 0 Å². The van der Waals surface area contributed by atoms with Gasteiger partial charge in [-0.25, -0.2) is 4.79 Å². The first kappa shape index (κ1) is 20.4. The molecule has 0 saturated heterocycles. The number of benzene rings is 1. The number of nitrogens with one attached hydrogen (secondary N) is 1. The highest BCUT2D eigenvalue weighted by atomic mass is 35.5. The summed E-state index contributed by atoms with van der Waals surface area (Å²) in [4.78, 5) is 25.5. The zero-order chi connectivity index (χ0) is 21.0. The molecule has 160 valence electrons. The molecule has 0 atom stereocenters. The lowest BCUT2D eigenvalue weighted by atomic mass is 9.53. The Hall–Kier alpha value is -1.50. The molecule has 1 N–H and O–H groups in total. The van der Waals surface area contributed by atoms with Gasteiger partial charge in [-0.3, -0.25) is 4.79 Å². The van der Waals surface area contributed by atoms with Gasteiger partial charge in [0.25, 0.3) is 5.91 Å². The Balaban J connectivity index is 1.26. The minimum Gasteiger partial charge on any atom is -0.495 e. The fraction of sp³-hybridized carbons (Fsp3) is 0.545. The number of amides is 1. The standard InChI is InChI=1S/C22H23Cl2NO4S/c1-28-15-3-2-14-17(23)20(30-19(14)18(15)24)21(27)29-10-16(26)25-22-7-11-4-12(8-22)6-13(5-11)9-22/h2-3,11-13H,4-10H2,1H3,(H,25,26). The molecule has 4 aliphatic carbocycles. The van der Waals surface area contributed by atoms with Crippen LogP contribution in [0, 0.1) is 17.8 Å². The van der Waals surface area contributed by atoms with Crippen LogP contribution in [0.5, 0.6) is 5.75 Å². The Kier molecular flexibility index (Phi) is 5.15. The van der Waals surface area contributed by atoms with Crippen LogP contribution in [0.3, 0.4) is 0 Å². The number of thiophene rings is 1. The topological polar surface area (TPSA) is 64.6 Å². The lowest BCUT2D eigenvalue weighted by Crippen LogP contribution is -2.60. The normalized spacial score (nSPS) is 29.2. The van der Waals surface area contributed by atoms with E-state index in [1.165, 1.54) is 26.4 Å². The van der Waals surface area contributed by atoms with E-state index in [0.717, 1.165) is 48.4 Å². The minimum atomic E-state index is -0.614. The molecule has 4 saturated carbocycles. The van der Waals surface area contributed by atoms with Crippen LogP contribution in [0.15, 0.2) is 12.1 Å². The van der Waals surface area contributed by atoms with Crippen molar-refractivity contribution in [1.82, 2.24) is 5.32 Å². The molecule has 1 aromatic heterocycles. The van der Waals surface area contributed by atoms with Gasteiger partial charge >= 0.3 is 5.97 Å². The van der Waals surface area contributed by atoms with Gasteiger partial charge in [-0.05, 0) is 68.4 Å². The molecular weight excluding hydrogens is 445 g/mol. The van der Waals surface area contributed by atoms with E-state index >= 15 is 0 Å². The summed E-state index contributed by atoms with van der Waals surface area (Å²) in [5.41, 5.74) is -0.0996. The highest BCUT2D eigenvalue weighted by Gasteiger charge is 2.51. The number of hydrogen-bond donors (Lipinski definition) is 1. The maximum atomic E-state index is 12.6. The average Bonchev–Trinajstić information content (AvgIpc) is 3.03. The van der Waals surface area contributed by atoms with Crippen molar-refractivity contribution in [3.05, 3.63) is 27.1 Å². The molecule has 1 amide bonds. The van der Waals surface area contributed by atoms with Gasteiger partial charge in [0.05, 0.1) is 16.8 Å². The van der Waals surface area contributed by atoms with Crippen molar-refractivity contribution >= 4 is 56.5 Å². The maximum Gasteiger partial charge on any atom is 0.350 e. The lowest BCUT2D eigenvalue weighted by molar-refractivity contribution is -0.130. The Labute approximate surface area is 189 Å². The van der Waals surface area contributed by atoms with Gasteiger partial charge in [-0.15, -0.1) is 11.3 Å². The summed E-state index contributed by atoms with van der Waals surface area (Å²) in [7, 11) is 1.53. The van der Waals surface area contributed by atoms with Crippen LogP contribution < -0.4 is 10.1 Å². The van der Waals surface area contributed by atoms with E-state index in [0.29, 0.717) is 20.9 Å². The number of esters is 1. The molecule has 0 radical (unpaired) electrons. The summed E-state index contributed by atoms with van der Waals surface area (Å²) >= 11 is 13.9. The van der Waals surface area contributed by atoms with Crippen molar-refractivity contribution in [1.29, 1.82) is 0 Å². The summed E-state index contributed by atoms with van der Waals surface area (Å²) in [5, 5.41) is 4.56. The summed E-state index contributed by atoms with van der Waals surface area (Å²) < 4.78 is 11.2. The van der Waals surface area contributed by atoms with Crippen LogP contribution in [0.4, 0.5) is 0 Å². The van der Waals surface area contributed by atoms with Gasteiger partial charge in [-0.2, -0.15) is 0 Å². The highest BCUT2D eigenvalue weighted by Crippen LogP contribution is 2.55. The second kappa shape index (κ2) is 7.57. The highest BCUT2D eigenvalue weighted by molar-refractivity contribution is 7.22. The Morgan fingerprint density at radius 3 is 2.33 bits per heavy atom. The molecule has 5 nitrogen and oxygen atoms in total. The second-order valence-corrected chi connectivity index (χ2v) is 10.8. The molecule has 30 heavy (non-hydrogen) atoms. The SMILES string of the molecule is COc1ccc2c(Cl)c(C(=O)OCC(=O)NC34CC5CC(CC(C5)C3)C4)sc2c1Cl. The number of fused-ring (bicyclic) bond motifs is 1. The number of rotatable bonds is 5. The molecule has 4 fully saturated rings. The van der Waals surface area contributed by atoms with E-state index in [-0.39, 0.29) is 28.0 Å².